The van der Waals surface area contributed by atoms with Crippen LogP contribution in [-0.2, 0) is 4.79 Å². The lowest BCUT2D eigenvalue weighted by Gasteiger charge is -2.62. The van der Waals surface area contributed by atoms with Gasteiger partial charge in [0.25, 0.3) is 0 Å². The molecule has 8 atom stereocenters. The van der Waals surface area contributed by atoms with E-state index in [2.05, 4.69) is 34.6 Å². The van der Waals surface area contributed by atoms with Gasteiger partial charge in [0.05, 0.1) is 0 Å². The first-order valence-corrected chi connectivity index (χ1v) is 12.9. The SMILES string of the molecule is CC(C)CCC[C@@H](C)[C@H]1CC[C@@H]2[C@H]3CC(=O)[C@@]4(O)CCCC[C@]4(C)[C@H]3CC[C@@]21C. The van der Waals surface area contributed by atoms with Gasteiger partial charge in [0.1, 0.15) is 5.60 Å². The average molecular weight is 403 g/mol. The van der Waals surface area contributed by atoms with Crippen molar-refractivity contribution < 1.29 is 9.90 Å². The number of ketones is 1. The zero-order valence-corrected chi connectivity index (χ0v) is 19.8. The summed E-state index contributed by atoms with van der Waals surface area (Å²) >= 11 is 0. The van der Waals surface area contributed by atoms with Gasteiger partial charge in [-0.15, -0.1) is 0 Å². The van der Waals surface area contributed by atoms with Crippen molar-refractivity contribution in [3.63, 3.8) is 0 Å². The van der Waals surface area contributed by atoms with Gasteiger partial charge < -0.3 is 5.11 Å². The van der Waals surface area contributed by atoms with Crippen LogP contribution in [0.4, 0.5) is 0 Å². The average Bonchev–Trinajstić information content (AvgIpc) is 3.01. The van der Waals surface area contributed by atoms with Crippen LogP contribution < -0.4 is 0 Å². The molecule has 0 saturated heterocycles. The number of hydrogen-bond donors (Lipinski definition) is 1. The Balaban J connectivity index is 1.53. The van der Waals surface area contributed by atoms with Crippen LogP contribution in [-0.4, -0.2) is 16.5 Å². The van der Waals surface area contributed by atoms with Crippen LogP contribution in [0.5, 0.6) is 0 Å². The summed E-state index contributed by atoms with van der Waals surface area (Å²) in [6.45, 7) is 12.1. The number of rotatable bonds is 5. The second-order valence-corrected chi connectivity index (χ2v) is 12.5. The zero-order valence-electron chi connectivity index (χ0n) is 19.8. The molecule has 0 unspecified atom stereocenters. The van der Waals surface area contributed by atoms with Gasteiger partial charge in [0, 0.05) is 11.8 Å². The molecular formula is C27H46O2. The Morgan fingerprint density at radius 3 is 2.41 bits per heavy atom. The van der Waals surface area contributed by atoms with E-state index < -0.39 is 5.60 Å². The largest absolute Gasteiger partial charge is 0.381 e. The predicted molar refractivity (Wildman–Crippen MR) is 120 cm³/mol. The molecular weight excluding hydrogens is 356 g/mol. The molecule has 29 heavy (non-hydrogen) atoms. The summed E-state index contributed by atoms with van der Waals surface area (Å²) in [4.78, 5) is 13.3. The summed E-state index contributed by atoms with van der Waals surface area (Å²) in [6, 6.07) is 0. The van der Waals surface area contributed by atoms with Crippen molar-refractivity contribution in [3.05, 3.63) is 0 Å². The van der Waals surface area contributed by atoms with E-state index in [-0.39, 0.29) is 11.2 Å². The van der Waals surface area contributed by atoms with E-state index in [1.807, 2.05) is 0 Å². The lowest BCUT2D eigenvalue weighted by molar-refractivity contribution is -0.203. The first-order chi connectivity index (χ1) is 13.6. The smallest absolute Gasteiger partial charge is 0.165 e. The fourth-order valence-electron chi connectivity index (χ4n) is 9.09. The molecule has 4 fully saturated rings. The molecule has 0 spiro atoms. The fourth-order valence-corrected chi connectivity index (χ4v) is 9.09. The molecule has 0 aromatic rings. The van der Waals surface area contributed by atoms with Gasteiger partial charge >= 0.3 is 0 Å². The Hall–Kier alpha value is -0.370. The number of hydrogen-bond acceptors (Lipinski definition) is 2. The second kappa shape index (κ2) is 7.64. The maximum atomic E-state index is 13.3. The van der Waals surface area contributed by atoms with Crippen molar-refractivity contribution in [1.29, 1.82) is 0 Å². The molecule has 2 heteroatoms. The highest BCUT2D eigenvalue weighted by molar-refractivity contribution is 5.89. The van der Waals surface area contributed by atoms with E-state index in [1.54, 1.807) is 0 Å². The highest BCUT2D eigenvalue weighted by Gasteiger charge is 2.66. The molecule has 0 radical (unpaired) electrons. The molecule has 0 aromatic carbocycles. The van der Waals surface area contributed by atoms with Gasteiger partial charge in [-0.25, -0.2) is 0 Å². The highest BCUT2D eigenvalue weighted by atomic mass is 16.3. The van der Waals surface area contributed by atoms with E-state index in [4.69, 9.17) is 0 Å². The van der Waals surface area contributed by atoms with Crippen molar-refractivity contribution in [1.82, 2.24) is 0 Å². The van der Waals surface area contributed by atoms with Crippen LogP contribution in [0.15, 0.2) is 0 Å². The van der Waals surface area contributed by atoms with E-state index in [0.29, 0.717) is 36.0 Å². The molecule has 0 bridgehead atoms. The van der Waals surface area contributed by atoms with Crippen molar-refractivity contribution in [3.8, 4) is 0 Å². The molecule has 4 aliphatic carbocycles. The standard InChI is InChI=1S/C27H46O2/c1-18(2)9-8-10-19(3)21-11-12-22-20-17-24(28)27(29)15-7-6-14-26(27,5)23(20)13-16-25(21,22)4/h18-23,29H,6-17H2,1-5H3/t19-,20-,21-,22-,23+,25-,26-,27+/m1/s1. The Kier molecular flexibility index (Phi) is 5.76. The summed E-state index contributed by atoms with van der Waals surface area (Å²) in [7, 11) is 0. The van der Waals surface area contributed by atoms with Gasteiger partial charge in [0.2, 0.25) is 0 Å². The van der Waals surface area contributed by atoms with E-state index >= 15 is 0 Å². The Morgan fingerprint density at radius 1 is 0.966 bits per heavy atom. The van der Waals surface area contributed by atoms with Gasteiger partial charge in [0.15, 0.2) is 5.78 Å². The molecule has 4 rings (SSSR count). The zero-order chi connectivity index (χ0) is 21.0. The number of carbonyl (C=O) groups excluding carboxylic acids is 1. The molecule has 0 aliphatic heterocycles. The minimum atomic E-state index is -1.03. The molecule has 1 N–H and O–H groups in total. The van der Waals surface area contributed by atoms with Crippen molar-refractivity contribution >= 4 is 5.78 Å². The Morgan fingerprint density at radius 2 is 1.69 bits per heavy atom. The second-order valence-electron chi connectivity index (χ2n) is 12.5. The normalized spacial score (nSPS) is 48.2. The summed E-state index contributed by atoms with van der Waals surface area (Å²) in [6.07, 6.45) is 14.0. The quantitative estimate of drug-likeness (QED) is 0.549. The van der Waals surface area contributed by atoms with Crippen LogP contribution in [0.3, 0.4) is 0 Å². The third-order valence-corrected chi connectivity index (χ3v) is 10.8. The summed E-state index contributed by atoms with van der Waals surface area (Å²) in [5, 5.41) is 11.5. The van der Waals surface area contributed by atoms with Crippen molar-refractivity contribution in [2.75, 3.05) is 0 Å². The maximum Gasteiger partial charge on any atom is 0.165 e. The van der Waals surface area contributed by atoms with Crippen LogP contribution in [0.2, 0.25) is 0 Å². The summed E-state index contributed by atoms with van der Waals surface area (Å²) in [5.74, 6) is 4.42. The molecule has 0 heterocycles. The van der Waals surface area contributed by atoms with Gasteiger partial charge in [-0.05, 0) is 79.4 Å². The summed E-state index contributed by atoms with van der Waals surface area (Å²) < 4.78 is 0. The van der Waals surface area contributed by atoms with Crippen molar-refractivity contribution in [2.45, 2.75) is 117 Å². The lowest BCUT2D eigenvalue weighted by Crippen LogP contribution is -2.65. The molecule has 0 aromatic heterocycles. The van der Waals surface area contributed by atoms with Crippen LogP contribution in [0.25, 0.3) is 0 Å². The van der Waals surface area contributed by atoms with Gasteiger partial charge in [-0.2, -0.15) is 0 Å². The molecule has 4 aliphatic rings. The van der Waals surface area contributed by atoms with Crippen LogP contribution >= 0.6 is 0 Å². The van der Waals surface area contributed by atoms with E-state index in [1.165, 1.54) is 51.4 Å². The predicted octanol–water partition coefficient (Wildman–Crippen LogP) is 6.79. The monoisotopic (exact) mass is 402 g/mol. The number of aliphatic hydroxyl groups is 1. The number of carbonyl (C=O) groups is 1. The molecule has 0 amide bonds. The Labute approximate surface area is 179 Å². The maximum absolute atomic E-state index is 13.3. The number of fused-ring (bicyclic) bond motifs is 5. The van der Waals surface area contributed by atoms with Crippen molar-refractivity contribution in [2.24, 2.45) is 46.3 Å². The summed E-state index contributed by atoms with van der Waals surface area (Å²) in [5.41, 5.74) is -0.783. The first kappa shape index (κ1) is 21.8. The minimum Gasteiger partial charge on any atom is -0.381 e. The highest BCUT2D eigenvalue weighted by Crippen LogP contribution is 2.68. The fraction of sp³-hybridized carbons (Fsp3) is 0.963. The van der Waals surface area contributed by atoms with Gasteiger partial charge in [-0.3, -0.25) is 4.79 Å². The minimum absolute atomic E-state index is 0.173. The number of Topliss-reactive ketones (excluding diaryl/α,β-unsaturated/α-hetero) is 1. The third kappa shape index (κ3) is 3.26. The molecule has 4 saturated carbocycles. The van der Waals surface area contributed by atoms with Gasteiger partial charge in [-0.1, -0.05) is 66.7 Å². The Bertz CT molecular complexity index is 626. The van der Waals surface area contributed by atoms with Crippen LogP contribution in [0, 0.1) is 46.3 Å². The molecule has 166 valence electrons. The third-order valence-electron chi connectivity index (χ3n) is 10.8. The van der Waals surface area contributed by atoms with Crippen LogP contribution in [0.1, 0.15) is 112 Å². The molecule has 2 nitrogen and oxygen atoms in total. The lowest BCUT2D eigenvalue weighted by atomic mass is 9.43. The van der Waals surface area contributed by atoms with E-state index in [9.17, 15) is 9.90 Å². The van der Waals surface area contributed by atoms with E-state index in [0.717, 1.165) is 30.6 Å². The first-order valence-electron chi connectivity index (χ1n) is 12.9. The topological polar surface area (TPSA) is 37.3 Å².